The molecule has 1 aliphatic carbocycles. The second-order valence-corrected chi connectivity index (χ2v) is 6.18. The van der Waals surface area contributed by atoms with Crippen molar-refractivity contribution in [3.05, 3.63) is 35.4 Å². The fraction of sp³-hybridized carbons (Fsp3) is 0.400. The lowest BCUT2D eigenvalue weighted by Crippen LogP contribution is -2.19. The third-order valence-electron chi connectivity index (χ3n) is 3.41. The van der Waals surface area contributed by atoms with E-state index in [4.69, 9.17) is 10.5 Å². The lowest BCUT2D eigenvalue weighted by molar-refractivity contribution is 0.245. The number of benzene rings is 1. The minimum absolute atomic E-state index is 0.0926. The van der Waals surface area contributed by atoms with Gasteiger partial charge in [0.2, 0.25) is 0 Å². The molecule has 0 bridgehead atoms. The van der Waals surface area contributed by atoms with E-state index >= 15 is 0 Å². The van der Waals surface area contributed by atoms with Gasteiger partial charge in [0.25, 0.3) is 0 Å². The second kappa shape index (κ2) is 5.32. The number of hydrogen-bond donors (Lipinski definition) is 2. The Morgan fingerprint density at radius 2 is 1.95 bits per heavy atom. The molecule has 106 valence electrons. The van der Waals surface area contributed by atoms with E-state index in [0.717, 1.165) is 17.8 Å². The van der Waals surface area contributed by atoms with Crippen LogP contribution in [0.15, 0.2) is 24.3 Å². The van der Waals surface area contributed by atoms with E-state index in [1.54, 1.807) is 0 Å². The first-order chi connectivity index (χ1) is 9.63. The van der Waals surface area contributed by atoms with E-state index in [1.807, 2.05) is 13.8 Å². The van der Waals surface area contributed by atoms with Gasteiger partial charge in [-0.25, -0.2) is 0 Å². The van der Waals surface area contributed by atoms with Crippen LogP contribution in [0.3, 0.4) is 0 Å². The molecule has 3 rings (SSSR count). The molecular formula is C15H19N3OS. The first kappa shape index (κ1) is 13.2. The Labute approximate surface area is 123 Å². The molecular weight excluding hydrogens is 270 g/mol. The molecule has 0 atom stereocenters. The van der Waals surface area contributed by atoms with Crippen LogP contribution in [0.4, 0.5) is 10.8 Å². The summed E-state index contributed by atoms with van der Waals surface area (Å²) in [5.74, 6) is 1.17. The largest absolute Gasteiger partial charge is 0.484 e. The second-order valence-electron chi connectivity index (χ2n) is 5.41. The number of nitrogens with one attached hydrogen (secondary N) is 1. The van der Waals surface area contributed by atoms with Crippen molar-refractivity contribution in [2.45, 2.75) is 38.8 Å². The number of nitrogen functional groups attached to an aromatic ring is 1. The van der Waals surface area contributed by atoms with Gasteiger partial charge in [0.15, 0.2) is 16.6 Å². The Morgan fingerprint density at radius 1 is 1.30 bits per heavy atom. The maximum absolute atomic E-state index is 5.88. The number of fused-ring (bicyclic) bond motifs is 1. The average Bonchev–Trinajstić information content (AvgIpc) is 2.95. The molecule has 0 saturated carbocycles. The summed E-state index contributed by atoms with van der Waals surface area (Å²) in [6.07, 6.45) is 2.17. The molecule has 0 aliphatic heterocycles. The topological polar surface area (TPSA) is 60.2 Å². The molecule has 1 heterocycles. The maximum atomic E-state index is 5.88. The molecule has 0 unspecified atom stereocenters. The van der Waals surface area contributed by atoms with Gasteiger partial charge in [-0.05, 0) is 49.3 Å². The average molecular weight is 289 g/mol. The van der Waals surface area contributed by atoms with Gasteiger partial charge in [0.1, 0.15) is 0 Å². The number of hydrogen-bond acceptors (Lipinski definition) is 5. The molecule has 1 aromatic carbocycles. The zero-order valence-corrected chi connectivity index (χ0v) is 12.5. The van der Waals surface area contributed by atoms with Crippen molar-refractivity contribution in [3.63, 3.8) is 0 Å². The smallest absolute Gasteiger partial charge is 0.197 e. The van der Waals surface area contributed by atoms with Crippen molar-refractivity contribution in [3.8, 4) is 5.75 Å². The zero-order chi connectivity index (χ0) is 14.1. The van der Waals surface area contributed by atoms with Gasteiger partial charge in [-0.3, -0.25) is 0 Å². The Morgan fingerprint density at radius 3 is 2.55 bits per heavy atom. The summed E-state index contributed by atoms with van der Waals surface area (Å²) in [7, 11) is 0. The fourth-order valence-corrected chi connectivity index (χ4v) is 3.31. The molecule has 5 heteroatoms. The number of nitrogens with zero attached hydrogens (tertiary/aromatic N) is 1. The first-order valence-corrected chi connectivity index (χ1v) is 7.66. The van der Waals surface area contributed by atoms with Crippen LogP contribution in [0.1, 0.15) is 25.0 Å². The van der Waals surface area contributed by atoms with Crippen LogP contribution in [0.5, 0.6) is 5.75 Å². The van der Waals surface area contributed by atoms with Crippen LogP contribution in [-0.4, -0.2) is 16.5 Å². The molecule has 0 spiro atoms. The summed E-state index contributed by atoms with van der Waals surface area (Å²) in [6.45, 7) is 3.98. The molecule has 4 nitrogen and oxygen atoms in total. The van der Waals surface area contributed by atoms with E-state index in [9.17, 15) is 0 Å². The van der Waals surface area contributed by atoms with Crippen molar-refractivity contribution in [2.24, 2.45) is 0 Å². The van der Waals surface area contributed by atoms with Gasteiger partial charge in [0.05, 0.1) is 6.10 Å². The minimum atomic E-state index is 0.0926. The van der Waals surface area contributed by atoms with E-state index < -0.39 is 0 Å². The van der Waals surface area contributed by atoms with Crippen LogP contribution in [0.2, 0.25) is 0 Å². The van der Waals surface area contributed by atoms with E-state index in [-0.39, 0.29) is 6.10 Å². The fourth-order valence-electron chi connectivity index (χ4n) is 2.58. The first-order valence-electron chi connectivity index (χ1n) is 6.88. The summed E-state index contributed by atoms with van der Waals surface area (Å²) in [5.41, 5.74) is 8.73. The molecule has 3 N–H and O–H groups in total. The number of aromatic nitrogens is 1. The van der Waals surface area contributed by atoms with Crippen molar-refractivity contribution < 1.29 is 4.74 Å². The van der Waals surface area contributed by atoms with Gasteiger partial charge < -0.3 is 15.8 Å². The highest BCUT2D eigenvalue weighted by Gasteiger charge is 2.23. The lowest BCUT2D eigenvalue weighted by atomic mass is 10.1. The predicted octanol–water partition coefficient (Wildman–Crippen LogP) is 3.09. The van der Waals surface area contributed by atoms with Gasteiger partial charge >= 0.3 is 0 Å². The Kier molecular flexibility index (Phi) is 3.53. The van der Waals surface area contributed by atoms with Crippen molar-refractivity contribution >= 4 is 22.4 Å². The molecule has 20 heavy (non-hydrogen) atoms. The molecule has 0 amide bonds. The molecule has 1 aliphatic rings. The van der Waals surface area contributed by atoms with E-state index in [2.05, 4.69) is 34.0 Å². The maximum Gasteiger partial charge on any atom is 0.197 e. The van der Waals surface area contributed by atoms with Crippen LogP contribution >= 0.6 is 11.5 Å². The Bertz CT molecular complexity index is 584. The lowest BCUT2D eigenvalue weighted by Gasteiger charge is -2.15. The number of nitrogens with two attached hydrogens (primary N) is 1. The zero-order valence-electron chi connectivity index (χ0n) is 11.7. The van der Waals surface area contributed by atoms with E-state index in [0.29, 0.717) is 17.6 Å². The summed E-state index contributed by atoms with van der Waals surface area (Å²) in [4.78, 5) is 0. The Hall–Kier alpha value is -1.75. The molecule has 1 aromatic heterocycles. The quantitative estimate of drug-likeness (QED) is 0.908. The van der Waals surface area contributed by atoms with Crippen molar-refractivity contribution in [2.75, 3.05) is 11.1 Å². The number of anilines is 2. The normalized spacial score (nSPS) is 14.6. The SMILES string of the molecule is CC(C)Oc1c(N)nsc1NC1Cc2ccccc2C1. The van der Waals surface area contributed by atoms with Gasteiger partial charge in [-0.2, -0.15) is 4.37 Å². The highest BCUT2D eigenvalue weighted by atomic mass is 32.1. The van der Waals surface area contributed by atoms with Crippen LogP contribution in [0, 0.1) is 0 Å². The monoisotopic (exact) mass is 289 g/mol. The third kappa shape index (κ3) is 2.58. The van der Waals surface area contributed by atoms with E-state index in [1.165, 1.54) is 22.7 Å². The highest BCUT2D eigenvalue weighted by molar-refractivity contribution is 7.11. The van der Waals surface area contributed by atoms with Crippen LogP contribution in [0.25, 0.3) is 0 Å². The predicted molar refractivity (Wildman–Crippen MR) is 83.6 cm³/mol. The minimum Gasteiger partial charge on any atom is -0.484 e. The molecule has 2 aromatic rings. The van der Waals surface area contributed by atoms with Crippen LogP contribution in [-0.2, 0) is 12.8 Å². The molecule has 0 radical (unpaired) electrons. The van der Waals surface area contributed by atoms with Crippen molar-refractivity contribution in [1.29, 1.82) is 0 Å². The van der Waals surface area contributed by atoms with Crippen molar-refractivity contribution in [1.82, 2.24) is 4.37 Å². The number of rotatable bonds is 4. The highest BCUT2D eigenvalue weighted by Crippen LogP contribution is 2.37. The third-order valence-corrected chi connectivity index (χ3v) is 4.19. The summed E-state index contributed by atoms with van der Waals surface area (Å²) < 4.78 is 9.96. The summed E-state index contributed by atoms with van der Waals surface area (Å²) >= 11 is 1.37. The summed E-state index contributed by atoms with van der Waals surface area (Å²) in [6, 6.07) is 8.98. The molecule has 0 fully saturated rings. The van der Waals surface area contributed by atoms with Gasteiger partial charge in [0, 0.05) is 6.04 Å². The Balaban J connectivity index is 1.74. The standard InChI is InChI=1S/C15H19N3OS/c1-9(2)19-13-14(16)18-20-15(13)17-12-7-10-5-3-4-6-11(10)8-12/h3-6,9,12,17H,7-8H2,1-2H3,(H2,16,18). The molecule has 0 saturated heterocycles. The number of ether oxygens (including phenoxy) is 1. The van der Waals surface area contributed by atoms with Crippen LogP contribution < -0.4 is 15.8 Å². The van der Waals surface area contributed by atoms with Gasteiger partial charge in [-0.15, -0.1) is 0 Å². The summed E-state index contributed by atoms with van der Waals surface area (Å²) in [5, 5.41) is 4.47. The van der Waals surface area contributed by atoms with Gasteiger partial charge in [-0.1, -0.05) is 24.3 Å².